The number of likely N-dealkylation sites (tertiary alicyclic amines) is 1. The van der Waals surface area contributed by atoms with Crippen molar-refractivity contribution in [1.82, 2.24) is 15.5 Å². The van der Waals surface area contributed by atoms with E-state index >= 15 is 0 Å². The summed E-state index contributed by atoms with van der Waals surface area (Å²) in [4.78, 5) is 11.3. The zero-order valence-electron chi connectivity index (χ0n) is 18.1. The van der Waals surface area contributed by atoms with Gasteiger partial charge in [-0.3, -0.25) is 4.99 Å². The van der Waals surface area contributed by atoms with Crippen LogP contribution in [0, 0.1) is 17.8 Å². The molecule has 0 aromatic heterocycles. The van der Waals surface area contributed by atoms with Gasteiger partial charge in [-0.15, -0.1) is 0 Å². The van der Waals surface area contributed by atoms with Gasteiger partial charge in [0, 0.05) is 32.1 Å². The van der Waals surface area contributed by atoms with Gasteiger partial charge < -0.3 is 15.5 Å². The third kappa shape index (κ3) is 6.12. The van der Waals surface area contributed by atoms with Crippen LogP contribution in [0.3, 0.4) is 0 Å². The molecule has 4 unspecified atom stereocenters. The van der Waals surface area contributed by atoms with Gasteiger partial charge in [-0.25, -0.2) is 4.99 Å². The van der Waals surface area contributed by atoms with Gasteiger partial charge in [0.25, 0.3) is 0 Å². The van der Waals surface area contributed by atoms with Crippen LogP contribution in [0.4, 0.5) is 13.2 Å². The summed E-state index contributed by atoms with van der Waals surface area (Å²) in [5.41, 5.74) is 0. The second-order valence-corrected chi connectivity index (χ2v) is 7.99. The standard InChI is InChI=1S/C21H36F3N5/c1-5-7-10-17(21(22,23)24)15(3)18-11-13-29(18)19-16(9-8-12-25-4)14-27-20(28-19)26-6-2/h8,12,15-18,25H,5-7,9-11,13-14H2,1-4H3,(H,26,27)/b12-8-. The monoisotopic (exact) mass is 415 g/mol. The van der Waals surface area contributed by atoms with Gasteiger partial charge in [0.2, 0.25) is 5.96 Å². The minimum Gasteiger partial charge on any atom is -0.394 e. The number of amidine groups is 1. The van der Waals surface area contributed by atoms with Gasteiger partial charge >= 0.3 is 6.18 Å². The molecule has 166 valence electrons. The number of rotatable bonds is 9. The Labute approximate surface area is 172 Å². The topological polar surface area (TPSA) is 52.0 Å². The number of nitrogens with one attached hydrogen (secondary N) is 2. The summed E-state index contributed by atoms with van der Waals surface area (Å²) in [6.45, 7) is 7.77. The highest BCUT2D eigenvalue weighted by molar-refractivity contribution is 5.99. The average molecular weight is 416 g/mol. The Hall–Kier alpha value is -1.73. The quantitative estimate of drug-likeness (QED) is 0.594. The minimum absolute atomic E-state index is 0.0944. The van der Waals surface area contributed by atoms with Crippen molar-refractivity contribution in [3.05, 3.63) is 12.3 Å². The Kier molecular flexibility index (Phi) is 8.83. The van der Waals surface area contributed by atoms with Crippen molar-refractivity contribution in [3.8, 4) is 0 Å². The summed E-state index contributed by atoms with van der Waals surface area (Å²) in [6.07, 6.45) is 2.89. The number of aliphatic imine (C=N–C) groups is 2. The molecule has 0 amide bonds. The highest BCUT2D eigenvalue weighted by atomic mass is 19.4. The molecule has 2 aliphatic rings. The van der Waals surface area contributed by atoms with E-state index in [1.807, 2.05) is 33.2 Å². The van der Waals surface area contributed by atoms with Gasteiger partial charge in [-0.2, -0.15) is 13.2 Å². The van der Waals surface area contributed by atoms with Crippen molar-refractivity contribution in [2.24, 2.45) is 27.7 Å². The van der Waals surface area contributed by atoms with E-state index in [0.29, 0.717) is 25.5 Å². The van der Waals surface area contributed by atoms with Gasteiger partial charge in [0.15, 0.2) is 0 Å². The van der Waals surface area contributed by atoms with Crippen LogP contribution in [-0.4, -0.2) is 55.6 Å². The second kappa shape index (κ2) is 10.9. The van der Waals surface area contributed by atoms with E-state index in [4.69, 9.17) is 4.99 Å². The maximum absolute atomic E-state index is 13.7. The zero-order valence-corrected chi connectivity index (χ0v) is 18.1. The molecular weight excluding hydrogens is 379 g/mol. The number of hydrogen-bond acceptors (Lipinski definition) is 5. The van der Waals surface area contributed by atoms with Gasteiger partial charge in [0.05, 0.1) is 12.5 Å². The largest absolute Gasteiger partial charge is 0.394 e. The molecule has 8 heteroatoms. The molecule has 4 atom stereocenters. The Morgan fingerprint density at radius 2 is 2.07 bits per heavy atom. The van der Waals surface area contributed by atoms with Crippen LogP contribution in [0.25, 0.3) is 0 Å². The highest BCUT2D eigenvalue weighted by Crippen LogP contribution is 2.42. The summed E-state index contributed by atoms with van der Waals surface area (Å²) >= 11 is 0. The molecule has 1 saturated heterocycles. The van der Waals surface area contributed by atoms with Crippen LogP contribution < -0.4 is 10.6 Å². The fraction of sp³-hybridized carbons (Fsp3) is 0.810. The third-order valence-electron chi connectivity index (χ3n) is 5.98. The Morgan fingerprint density at radius 1 is 1.31 bits per heavy atom. The minimum atomic E-state index is -4.16. The first-order valence-electron chi connectivity index (χ1n) is 10.9. The van der Waals surface area contributed by atoms with E-state index in [-0.39, 0.29) is 18.4 Å². The van der Waals surface area contributed by atoms with E-state index in [2.05, 4.69) is 20.5 Å². The number of unbranched alkanes of at least 4 members (excludes halogenated alkanes) is 1. The molecule has 0 aromatic carbocycles. The predicted octanol–water partition coefficient (Wildman–Crippen LogP) is 4.18. The first-order chi connectivity index (χ1) is 13.8. The summed E-state index contributed by atoms with van der Waals surface area (Å²) in [6, 6.07) is -0.117. The molecule has 2 rings (SSSR count). The van der Waals surface area contributed by atoms with Gasteiger partial charge in [0.1, 0.15) is 5.84 Å². The van der Waals surface area contributed by atoms with E-state index < -0.39 is 18.0 Å². The van der Waals surface area contributed by atoms with Crippen molar-refractivity contribution < 1.29 is 13.2 Å². The number of nitrogens with zero attached hydrogens (tertiary/aromatic N) is 3. The highest BCUT2D eigenvalue weighted by Gasteiger charge is 2.49. The molecule has 1 fully saturated rings. The van der Waals surface area contributed by atoms with Gasteiger partial charge in [-0.1, -0.05) is 32.8 Å². The Bertz CT molecular complexity index is 600. The van der Waals surface area contributed by atoms with E-state index in [9.17, 15) is 13.2 Å². The Morgan fingerprint density at radius 3 is 2.62 bits per heavy atom. The summed E-state index contributed by atoms with van der Waals surface area (Å²) in [7, 11) is 1.84. The number of hydrogen-bond donors (Lipinski definition) is 2. The molecule has 2 aliphatic heterocycles. The molecule has 2 heterocycles. The molecule has 29 heavy (non-hydrogen) atoms. The lowest BCUT2D eigenvalue weighted by Gasteiger charge is -2.50. The molecule has 2 N–H and O–H groups in total. The lowest BCUT2D eigenvalue weighted by atomic mass is 9.78. The summed E-state index contributed by atoms with van der Waals surface area (Å²) < 4.78 is 41.2. The number of guanidine groups is 1. The molecular formula is C21H36F3N5. The van der Waals surface area contributed by atoms with Crippen molar-refractivity contribution in [2.75, 3.05) is 26.7 Å². The first kappa shape index (κ1) is 23.5. The Balaban J connectivity index is 2.19. The fourth-order valence-corrected chi connectivity index (χ4v) is 4.25. The van der Waals surface area contributed by atoms with E-state index in [0.717, 1.165) is 31.6 Å². The van der Waals surface area contributed by atoms with Crippen LogP contribution in [0.5, 0.6) is 0 Å². The summed E-state index contributed by atoms with van der Waals surface area (Å²) in [5, 5.41) is 6.13. The first-order valence-corrected chi connectivity index (χ1v) is 10.9. The number of halogens is 3. The smallest absolute Gasteiger partial charge is 0.392 e. The van der Waals surface area contributed by atoms with Crippen molar-refractivity contribution in [3.63, 3.8) is 0 Å². The van der Waals surface area contributed by atoms with Crippen LogP contribution in [0.2, 0.25) is 0 Å². The van der Waals surface area contributed by atoms with Crippen LogP contribution in [0.1, 0.15) is 52.9 Å². The normalized spacial score (nSPS) is 24.6. The molecule has 0 spiro atoms. The fourth-order valence-electron chi connectivity index (χ4n) is 4.25. The maximum Gasteiger partial charge on any atom is 0.392 e. The zero-order chi connectivity index (χ0) is 21.4. The lowest BCUT2D eigenvalue weighted by Crippen LogP contribution is -2.59. The lowest BCUT2D eigenvalue weighted by molar-refractivity contribution is -0.197. The molecule has 0 bridgehead atoms. The number of allylic oxidation sites excluding steroid dienone is 1. The van der Waals surface area contributed by atoms with Crippen molar-refractivity contribution in [2.45, 2.75) is 65.1 Å². The number of alkyl halides is 3. The SMILES string of the molecule is CCCCC(C(C)C1CCN1C1=NC(NCC)=NCC1C/C=C\NC)C(F)(F)F. The maximum atomic E-state index is 13.7. The average Bonchev–Trinajstić information content (AvgIpc) is 2.62. The third-order valence-corrected chi connectivity index (χ3v) is 5.98. The summed E-state index contributed by atoms with van der Waals surface area (Å²) in [5.74, 6) is -0.141. The molecule has 0 aliphatic carbocycles. The second-order valence-electron chi connectivity index (χ2n) is 7.99. The van der Waals surface area contributed by atoms with Gasteiger partial charge in [-0.05, 0) is 38.3 Å². The molecule has 5 nitrogen and oxygen atoms in total. The van der Waals surface area contributed by atoms with E-state index in [1.54, 1.807) is 6.92 Å². The van der Waals surface area contributed by atoms with Crippen molar-refractivity contribution in [1.29, 1.82) is 0 Å². The van der Waals surface area contributed by atoms with Crippen LogP contribution >= 0.6 is 0 Å². The van der Waals surface area contributed by atoms with Crippen LogP contribution in [0.15, 0.2) is 22.3 Å². The molecule has 0 saturated carbocycles. The van der Waals surface area contributed by atoms with Crippen LogP contribution in [-0.2, 0) is 0 Å². The van der Waals surface area contributed by atoms with E-state index in [1.165, 1.54) is 0 Å². The predicted molar refractivity (Wildman–Crippen MR) is 113 cm³/mol. The molecule has 0 aromatic rings. The molecule has 0 radical (unpaired) electrons. The van der Waals surface area contributed by atoms with Crippen molar-refractivity contribution >= 4 is 11.8 Å².